The van der Waals surface area contributed by atoms with Crippen molar-refractivity contribution in [2.45, 2.75) is 25.8 Å². The molecule has 0 bridgehead atoms. The van der Waals surface area contributed by atoms with Crippen molar-refractivity contribution in [3.63, 3.8) is 0 Å². The predicted molar refractivity (Wildman–Crippen MR) is 74.6 cm³/mol. The van der Waals surface area contributed by atoms with E-state index in [1.54, 1.807) is 11.3 Å². The van der Waals surface area contributed by atoms with Crippen LogP contribution in [0.3, 0.4) is 0 Å². The number of carboxylic acid groups (broad SMARTS) is 1. The Balaban J connectivity index is 2.08. The van der Waals surface area contributed by atoms with Gasteiger partial charge in [-0.3, -0.25) is 0 Å². The molecule has 5 nitrogen and oxygen atoms in total. The van der Waals surface area contributed by atoms with Gasteiger partial charge in [-0.25, -0.2) is 14.8 Å². The molecule has 0 spiro atoms. The van der Waals surface area contributed by atoms with Crippen LogP contribution >= 0.6 is 11.3 Å². The van der Waals surface area contributed by atoms with Crippen molar-refractivity contribution in [1.82, 2.24) is 9.97 Å². The summed E-state index contributed by atoms with van der Waals surface area (Å²) in [6, 6.07) is 1.45. The Morgan fingerprint density at radius 2 is 2.37 bits per heavy atom. The zero-order valence-electron chi connectivity index (χ0n) is 10.6. The van der Waals surface area contributed by atoms with Gasteiger partial charge in [0.05, 0.1) is 10.2 Å². The van der Waals surface area contributed by atoms with Crippen molar-refractivity contribution >= 4 is 33.3 Å². The summed E-state index contributed by atoms with van der Waals surface area (Å²) in [5.41, 5.74) is 0.886. The Kier molecular flexibility index (Phi) is 3.10. The van der Waals surface area contributed by atoms with Crippen LogP contribution < -0.4 is 4.90 Å². The number of aliphatic carboxylic acids is 1. The molecule has 0 amide bonds. The molecular weight excluding hydrogens is 262 g/mol. The van der Waals surface area contributed by atoms with Gasteiger partial charge in [-0.1, -0.05) is 6.92 Å². The van der Waals surface area contributed by atoms with E-state index in [0.29, 0.717) is 0 Å². The largest absolute Gasteiger partial charge is 0.480 e. The number of aromatic nitrogens is 2. The molecule has 1 aliphatic rings. The minimum Gasteiger partial charge on any atom is -0.480 e. The van der Waals surface area contributed by atoms with Gasteiger partial charge in [0, 0.05) is 6.54 Å². The summed E-state index contributed by atoms with van der Waals surface area (Å²) >= 11 is 1.56. The second-order valence-electron chi connectivity index (χ2n) is 4.93. The Labute approximate surface area is 114 Å². The van der Waals surface area contributed by atoms with E-state index in [1.165, 1.54) is 6.33 Å². The normalized spacial score (nSPS) is 23.7. The number of carboxylic acids is 1. The smallest absolute Gasteiger partial charge is 0.326 e. The van der Waals surface area contributed by atoms with Gasteiger partial charge >= 0.3 is 5.97 Å². The minimum absolute atomic E-state index is 0.135. The zero-order valence-corrected chi connectivity index (χ0v) is 11.4. The second-order valence-corrected chi connectivity index (χ2v) is 5.84. The van der Waals surface area contributed by atoms with Crippen molar-refractivity contribution in [2.24, 2.45) is 5.92 Å². The van der Waals surface area contributed by atoms with Crippen LogP contribution in [0.15, 0.2) is 17.8 Å². The van der Waals surface area contributed by atoms with Crippen LogP contribution in [0.4, 0.5) is 5.82 Å². The van der Waals surface area contributed by atoms with Crippen LogP contribution in [0, 0.1) is 5.92 Å². The van der Waals surface area contributed by atoms with Crippen LogP contribution in [0.5, 0.6) is 0 Å². The van der Waals surface area contributed by atoms with Gasteiger partial charge < -0.3 is 10.0 Å². The SMILES string of the molecule is CC1CCCN(c2ncnc3ccsc23)C1C(=O)O. The van der Waals surface area contributed by atoms with Gasteiger partial charge in [0.2, 0.25) is 0 Å². The highest BCUT2D eigenvalue weighted by atomic mass is 32.1. The Hall–Kier alpha value is -1.69. The van der Waals surface area contributed by atoms with E-state index in [-0.39, 0.29) is 5.92 Å². The molecule has 100 valence electrons. The first-order valence-corrected chi connectivity index (χ1v) is 7.24. The summed E-state index contributed by atoms with van der Waals surface area (Å²) < 4.78 is 0.975. The molecule has 6 heteroatoms. The molecule has 3 rings (SSSR count). The molecule has 0 radical (unpaired) electrons. The van der Waals surface area contributed by atoms with Crippen LogP contribution in [0.2, 0.25) is 0 Å². The van der Waals surface area contributed by atoms with Crippen molar-refractivity contribution in [1.29, 1.82) is 0 Å². The van der Waals surface area contributed by atoms with E-state index in [4.69, 9.17) is 0 Å². The van der Waals surface area contributed by atoms with E-state index in [2.05, 4.69) is 9.97 Å². The summed E-state index contributed by atoms with van der Waals surface area (Å²) in [7, 11) is 0. The van der Waals surface area contributed by atoms with Crippen LogP contribution in [0.25, 0.3) is 10.2 Å². The second kappa shape index (κ2) is 4.77. The maximum atomic E-state index is 11.5. The molecule has 2 aromatic rings. The van der Waals surface area contributed by atoms with E-state index in [1.807, 2.05) is 23.3 Å². The number of rotatable bonds is 2. The van der Waals surface area contributed by atoms with Gasteiger partial charge in [-0.2, -0.15) is 0 Å². The minimum atomic E-state index is -0.768. The molecule has 3 heterocycles. The predicted octanol–water partition coefficient (Wildman–Crippen LogP) is 2.38. The molecule has 1 N–H and O–H groups in total. The van der Waals surface area contributed by atoms with Gasteiger partial charge in [0.25, 0.3) is 0 Å². The number of carbonyl (C=O) groups is 1. The fraction of sp³-hybridized carbons (Fsp3) is 0.462. The average Bonchev–Trinajstić information content (AvgIpc) is 2.85. The third-order valence-electron chi connectivity index (χ3n) is 3.68. The Morgan fingerprint density at radius 3 is 3.16 bits per heavy atom. The highest BCUT2D eigenvalue weighted by Crippen LogP contribution is 2.33. The maximum Gasteiger partial charge on any atom is 0.326 e. The third-order valence-corrected chi connectivity index (χ3v) is 4.58. The molecule has 2 unspecified atom stereocenters. The number of hydrogen-bond acceptors (Lipinski definition) is 5. The number of hydrogen-bond donors (Lipinski definition) is 1. The third kappa shape index (κ3) is 2.06. The monoisotopic (exact) mass is 277 g/mol. The topological polar surface area (TPSA) is 66.3 Å². The first-order valence-electron chi connectivity index (χ1n) is 6.36. The molecule has 1 aliphatic heterocycles. The summed E-state index contributed by atoms with van der Waals surface area (Å²) in [6.45, 7) is 2.74. The number of thiophene rings is 1. The lowest BCUT2D eigenvalue weighted by molar-refractivity contribution is -0.140. The Bertz CT molecular complexity index is 613. The number of nitrogens with zero attached hydrogens (tertiary/aromatic N) is 3. The van der Waals surface area contributed by atoms with Crippen molar-refractivity contribution in [3.8, 4) is 0 Å². The molecular formula is C13H15N3O2S. The lowest BCUT2D eigenvalue weighted by Crippen LogP contribution is -2.49. The standard InChI is InChI=1S/C13H15N3O2S/c1-8-3-2-5-16(10(8)13(17)18)12-11-9(4-6-19-11)14-7-15-12/h4,6-8,10H,2-3,5H2,1H3,(H,17,18). The van der Waals surface area contributed by atoms with Crippen molar-refractivity contribution in [3.05, 3.63) is 17.8 Å². The number of anilines is 1. The highest BCUT2D eigenvalue weighted by molar-refractivity contribution is 7.17. The molecule has 1 saturated heterocycles. The van der Waals surface area contributed by atoms with E-state index >= 15 is 0 Å². The number of fused-ring (bicyclic) bond motifs is 1. The fourth-order valence-corrected chi connectivity index (χ4v) is 3.63. The molecule has 19 heavy (non-hydrogen) atoms. The lowest BCUT2D eigenvalue weighted by atomic mass is 9.91. The Morgan fingerprint density at radius 1 is 1.53 bits per heavy atom. The van der Waals surface area contributed by atoms with Gasteiger partial charge in [-0.15, -0.1) is 11.3 Å². The molecule has 2 aromatic heterocycles. The first-order chi connectivity index (χ1) is 9.18. The van der Waals surface area contributed by atoms with Gasteiger partial charge in [0.15, 0.2) is 5.82 Å². The summed E-state index contributed by atoms with van der Waals surface area (Å²) in [5.74, 6) is 0.130. The maximum absolute atomic E-state index is 11.5. The van der Waals surface area contributed by atoms with E-state index in [0.717, 1.165) is 35.4 Å². The quantitative estimate of drug-likeness (QED) is 0.913. The average molecular weight is 277 g/mol. The van der Waals surface area contributed by atoms with Crippen molar-refractivity contribution < 1.29 is 9.90 Å². The molecule has 2 atom stereocenters. The van der Waals surface area contributed by atoms with E-state index in [9.17, 15) is 9.90 Å². The van der Waals surface area contributed by atoms with Gasteiger partial charge in [-0.05, 0) is 30.2 Å². The first kappa shape index (κ1) is 12.3. The van der Waals surface area contributed by atoms with Crippen molar-refractivity contribution in [2.75, 3.05) is 11.4 Å². The molecule has 0 saturated carbocycles. The summed E-state index contributed by atoms with van der Waals surface area (Å²) in [5, 5.41) is 11.4. The van der Waals surface area contributed by atoms with Crippen LogP contribution in [0.1, 0.15) is 19.8 Å². The van der Waals surface area contributed by atoms with Gasteiger partial charge in [0.1, 0.15) is 12.4 Å². The summed E-state index contributed by atoms with van der Waals surface area (Å²) in [4.78, 5) is 22.0. The molecule has 0 aliphatic carbocycles. The van der Waals surface area contributed by atoms with Crippen LogP contribution in [-0.2, 0) is 4.79 Å². The fourth-order valence-electron chi connectivity index (χ4n) is 2.78. The van der Waals surface area contributed by atoms with E-state index < -0.39 is 12.0 Å². The molecule has 0 aromatic carbocycles. The van der Waals surface area contributed by atoms with Crippen LogP contribution in [-0.4, -0.2) is 33.6 Å². The molecule has 1 fully saturated rings. The lowest BCUT2D eigenvalue weighted by Gasteiger charge is -2.38. The zero-order chi connectivity index (χ0) is 13.4. The number of piperidine rings is 1. The summed E-state index contributed by atoms with van der Waals surface area (Å²) in [6.07, 6.45) is 3.47. The highest BCUT2D eigenvalue weighted by Gasteiger charge is 2.35.